The Labute approximate surface area is 266 Å². The topological polar surface area (TPSA) is 40.5 Å². The fraction of sp³-hybridized carbons (Fsp3) is 0.176. The number of aromatic hydroxyl groups is 2. The highest BCUT2D eigenvalue weighted by atomic mass is 32.1. The van der Waals surface area contributed by atoms with E-state index < -0.39 is 34.4 Å². The highest BCUT2D eigenvalue weighted by Crippen LogP contribution is 2.60. The first-order valence-corrected chi connectivity index (χ1v) is 17.0. The molecule has 4 aromatic heterocycles. The molecule has 0 fully saturated rings. The molecule has 8 rings (SSSR count). The van der Waals surface area contributed by atoms with Crippen LogP contribution >= 0.6 is 45.3 Å². The number of hydrogen-bond donors (Lipinski definition) is 2. The molecule has 0 bridgehead atoms. The minimum Gasteiger partial charge on any atom is -0.503 e. The largest absolute Gasteiger partial charge is 0.503 e. The van der Waals surface area contributed by atoms with Crippen molar-refractivity contribution in [2.24, 2.45) is 0 Å². The van der Waals surface area contributed by atoms with E-state index in [0.717, 1.165) is 58.8 Å². The third-order valence-electron chi connectivity index (χ3n) is 8.90. The molecule has 2 nitrogen and oxygen atoms in total. The Hall–Kier alpha value is -3.44. The predicted octanol–water partition coefficient (Wildman–Crippen LogP) is 11.5. The zero-order chi connectivity index (χ0) is 31.0. The third kappa shape index (κ3) is 3.74. The monoisotopic (exact) mass is 666 g/mol. The van der Waals surface area contributed by atoms with Crippen LogP contribution in [0.15, 0.2) is 48.5 Å². The maximum Gasteiger partial charge on any atom is 0.187 e. The molecule has 2 aliphatic rings. The van der Waals surface area contributed by atoms with Crippen LogP contribution in [0.1, 0.15) is 49.9 Å². The molecule has 0 amide bonds. The number of fused-ring (bicyclic) bond motifs is 6. The van der Waals surface area contributed by atoms with Gasteiger partial charge in [-0.1, -0.05) is 39.0 Å². The van der Waals surface area contributed by atoms with E-state index in [0.29, 0.717) is 20.9 Å². The van der Waals surface area contributed by atoms with Crippen LogP contribution < -0.4 is 0 Å². The molecule has 0 radical (unpaired) electrons. The normalized spacial score (nSPS) is 15.4. The molecular weight excluding hydrogens is 645 g/mol. The van der Waals surface area contributed by atoms with Gasteiger partial charge in [0.05, 0.1) is 10.4 Å². The lowest BCUT2D eigenvalue weighted by molar-refractivity contribution is 0.396. The van der Waals surface area contributed by atoms with Crippen molar-refractivity contribution in [3.05, 3.63) is 94.1 Å². The summed E-state index contributed by atoms with van der Waals surface area (Å²) in [4.78, 5) is 5.71. The zero-order valence-electron chi connectivity index (χ0n) is 23.7. The first kappa shape index (κ1) is 28.1. The van der Waals surface area contributed by atoms with E-state index in [9.17, 15) is 19.0 Å². The summed E-state index contributed by atoms with van der Waals surface area (Å²) in [5.74, 6) is -4.33. The fourth-order valence-corrected chi connectivity index (χ4v) is 11.8. The van der Waals surface area contributed by atoms with Crippen LogP contribution in [-0.2, 0) is 10.8 Å². The molecule has 222 valence electrons. The summed E-state index contributed by atoms with van der Waals surface area (Å²) in [7, 11) is 0. The van der Waals surface area contributed by atoms with E-state index in [1.807, 2.05) is 18.2 Å². The third-order valence-corrected chi connectivity index (χ3v) is 13.7. The summed E-state index contributed by atoms with van der Waals surface area (Å²) < 4.78 is 59.7. The highest BCUT2D eigenvalue weighted by molar-refractivity contribution is 7.26. The van der Waals surface area contributed by atoms with Crippen LogP contribution in [0, 0.1) is 23.3 Å². The van der Waals surface area contributed by atoms with Crippen molar-refractivity contribution in [3.63, 3.8) is 0 Å². The Kier molecular flexibility index (Phi) is 5.78. The van der Waals surface area contributed by atoms with Crippen LogP contribution in [0.2, 0.25) is 0 Å². The fourth-order valence-electron chi connectivity index (χ4n) is 6.44. The van der Waals surface area contributed by atoms with Gasteiger partial charge in [0.1, 0.15) is 11.6 Å². The lowest BCUT2D eigenvalue weighted by Gasteiger charge is -2.19. The van der Waals surface area contributed by atoms with E-state index in [1.54, 1.807) is 6.07 Å². The van der Waals surface area contributed by atoms with E-state index in [4.69, 9.17) is 0 Å². The maximum atomic E-state index is 15.8. The Bertz CT molecular complexity index is 2170. The van der Waals surface area contributed by atoms with Gasteiger partial charge in [-0.05, 0) is 81.9 Å². The zero-order valence-corrected chi connectivity index (χ0v) is 26.9. The van der Waals surface area contributed by atoms with Gasteiger partial charge in [-0.2, -0.15) is 0 Å². The summed E-state index contributed by atoms with van der Waals surface area (Å²) in [6.07, 6.45) is 0. The first-order valence-electron chi connectivity index (χ1n) is 13.7. The van der Waals surface area contributed by atoms with Crippen molar-refractivity contribution in [3.8, 4) is 61.6 Å². The molecule has 0 unspecified atom stereocenters. The van der Waals surface area contributed by atoms with Crippen LogP contribution in [0.4, 0.5) is 17.6 Å². The molecule has 0 atom stereocenters. The van der Waals surface area contributed by atoms with Crippen molar-refractivity contribution in [1.82, 2.24) is 0 Å². The molecule has 4 heterocycles. The van der Waals surface area contributed by atoms with E-state index in [1.165, 1.54) is 57.5 Å². The second kappa shape index (κ2) is 9.06. The number of rotatable bonds is 3. The van der Waals surface area contributed by atoms with Gasteiger partial charge >= 0.3 is 0 Å². The molecule has 10 heteroatoms. The molecule has 0 spiro atoms. The predicted molar refractivity (Wildman–Crippen MR) is 173 cm³/mol. The average Bonchev–Trinajstić information content (AvgIpc) is 3.76. The van der Waals surface area contributed by atoms with Gasteiger partial charge in [0.2, 0.25) is 0 Å². The Balaban J connectivity index is 1.18. The molecule has 2 aromatic carbocycles. The van der Waals surface area contributed by atoms with Gasteiger partial charge in [0, 0.05) is 40.1 Å². The van der Waals surface area contributed by atoms with E-state index in [2.05, 4.69) is 27.7 Å². The quantitative estimate of drug-likeness (QED) is 0.185. The maximum absolute atomic E-state index is 15.8. The van der Waals surface area contributed by atoms with E-state index in [-0.39, 0.29) is 16.0 Å². The number of hydrogen-bond acceptors (Lipinski definition) is 6. The van der Waals surface area contributed by atoms with Crippen molar-refractivity contribution in [2.45, 2.75) is 38.5 Å². The number of benzene rings is 2. The van der Waals surface area contributed by atoms with Gasteiger partial charge in [-0.3, -0.25) is 0 Å². The summed E-state index contributed by atoms with van der Waals surface area (Å²) in [5.41, 5.74) is 3.99. The van der Waals surface area contributed by atoms with Crippen molar-refractivity contribution in [2.75, 3.05) is 0 Å². The molecule has 0 saturated heterocycles. The lowest BCUT2D eigenvalue weighted by Crippen LogP contribution is -2.13. The molecule has 44 heavy (non-hydrogen) atoms. The van der Waals surface area contributed by atoms with Crippen LogP contribution in [0.5, 0.6) is 10.8 Å². The summed E-state index contributed by atoms with van der Waals surface area (Å²) in [6, 6.07) is 12.5. The molecule has 0 aliphatic heterocycles. The number of phenolic OH excluding ortho intramolecular Hbond substituents is 1. The summed E-state index contributed by atoms with van der Waals surface area (Å²) in [5, 5.41) is 19.8. The van der Waals surface area contributed by atoms with Crippen LogP contribution in [0.25, 0.3) is 50.8 Å². The Morgan fingerprint density at radius 3 is 1.32 bits per heavy atom. The smallest absolute Gasteiger partial charge is 0.187 e. The van der Waals surface area contributed by atoms with Crippen molar-refractivity contribution in [1.29, 1.82) is 0 Å². The second-order valence-electron chi connectivity index (χ2n) is 12.2. The minimum absolute atomic E-state index is 0.0609. The molecule has 2 N–H and O–H groups in total. The molecule has 0 saturated carbocycles. The minimum atomic E-state index is -1.02. The molecule has 2 aliphatic carbocycles. The van der Waals surface area contributed by atoms with Crippen molar-refractivity contribution < 1.29 is 27.8 Å². The highest BCUT2D eigenvalue weighted by Gasteiger charge is 2.41. The molecule has 6 aromatic rings. The number of phenols is 1. The SMILES string of the molecule is CC1(C)c2cc(-c3cc(F)c(O)c(F)c3)sc2-c2sc(-c3cc(F)c(-c4cc5c(s4)-c4sc(O)cc4C5(C)C)c(F)c3)cc21. The van der Waals surface area contributed by atoms with Gasteiger partial charge in [-0.15, -0.1) is 34.0 Å². The van der Waals surface area contributed by atoms with Crippen molar-refractivity contribution >= 4 is 45.3 Å². The lowest BCUT2D eigenvalue weighted by atomic mass is 9.83. The standard InChI is InChI=1S/C34H22F4O2S4/c1-33(2)15-9-23(41-29(15)30-16(33)10-24(42-30)14-7-21(37)28(40)22(38)8-14)13-5-19(35)27(20(36)6-13)25-11-17-31(43-25)32-18(34(17,3)4)12-26(39)44-32/h5-12,39-40H,1-4H3. The van der Waals surface area contributed by atoms with Gasteiger partial charge in [0.15, 0.2) is 22.4 Å². The Morgan fingerprint density at radius 2 is 0.841 bits per heavy atom. The second-order valence-corrected chi connectivity index (χ2v) is 16.4. The van der Waals surface area contributed by atoms with Gasteiger partial charge < -0.3 is 10.2 Å². The van der Waals surface area contributed by atoms with Crippen LogP contribution in [-0.4, -0.2) is 10.2 Å². The summed E-state index contributed by atoms with van der Waals surface area (Å²) in [6.45, 7) is 8.22. The van der Waals surface area contributed by atoms with E-state index >= 15 is 8.78 Å². The number of halogens is 4. The van der Waals surface area contributed by atoms with Gasteiger partial charge in [-0.25, -0.2) is 17.6 Å². The summed E-state index contributed by atoms with van der Waals surface area (Å²) >= 11 is 5.46. The first-order chi connectivity index (χ1) is 20.8. The van der Waals surface area contributed by atoms with Gasteiger partial charge in [0.25, 0.3) is 0 Å². The average molecular weight is 667 g/mol. The van der Waals surface area contributed by atoms with Crippen LogP contribution in [0.3, 0.4) is 0 Å². The Morgan fingerprint density at radius 1 is 0.477 bits per heavy atom. The number of thiophene rings is 4. The molecular formula is C34H22F4O2S4.